The summed E-state index contributed by atoms with van der Waals surface area (Å²) in [6, 6.07) is 58.8. The van der Waals surface area contributed by atoms with E-state index in [0.717, 1.165) is 59.1 Å². The number of hydrogen-bond acceptors (Lipinski definition) is 6. The topological polar surface area (TPSA) is 64.7 Å². The molecule has 5 nitrogen and oxygen atoms in total. The van der Waals surface area contributed by atoms with Gasteiger partial charge in [-0.3, -0.25) is 0 Å². The molecule has 12 rings (SSSR count). The number of oxazole rings is 1. The molecule has 61 heavy (non-hydrogen) atoms. The zero-order valence-electron chi connectivity index (χ0n) is 38.4. The molecule has 8 aromatic carbocycles. The van der Waals surface area contributed by atoms with Crippen molar-refractivity contribution in [1.29, 1.82) is 0 Å². The van der Waals surface area contributed by atoms with E-state index in [0.29, 0.717) is 51.2 Å². The molecule has 1 aliphatic carbocycles. The molecule has 0 aliphatic heterocycles. The van der Waals surface area contributed by atoms with Crippen molar-refractivity contribution < 1.29 is 12.6 Å². The highest BCUT2D eigenvalue weighted by Crippen LogP contribution is 2.53. The average molecular weight is 807 g/mol. The Kier molecular flexibility index (Phi) is 6.69. The lowest BCUT2D eigenvalue weighted by Crippen LogP contribution is -2.14. The molecule has 1 aliphatic rings. The molecule has 6 heteroatoms. The third-order valence-electron chi connectivity index (χ3n) is 11.6. The molecular weight excluding hydrogens is 765 g/mol. The van der Waals surface area contributed by atoms with E-state index in [4.69, 9.17) is 32.6 Å². The van der Waals surface area contributed by atoms with Gasteiger partial charge in [0.25, 0.3) is 0 Å². The molecule has 0 saturated heterocycles. The first kappa shape index (κ1) is 29.6. The fourth-order valence-electron chi connectivity index (χ4n) is 8.70. The van der Waals surface area contributed by atoms with Crippen LogP contribution in [-0.4, -0.2) is 19.9 Å². The summed E-state index contributed by atoms with van der Waals surface area (Å²) in [5.74, 6) is 2.10. The van der Waals surface area contributed by atoms with Crippen molar-refractivity contribution in [2.75, 3.05) is 0 Å². The lowest BCUT2D eigenvalue weighted by Gasteiger charge is -2.22. The van der Waals surface area contributed by atoms with E-state index in [-0.39, 0.29) is 11.1 Å². The smallest absolute Gasteiger partial charge is 0.227 e. The minimum Gasteiger partial charge on any atom is -0.435 e. The van der Waals surface area contributed by atoms with Gasteiger partial charge in [-0.25, -0.2) is 19.9 Å². The van der Waals surface area contributed by atoms with Gasteiger partial charge in [-0.2, -0.15) is 0 Å². The zero-order valence-corrected chi connectivity index (χ0v) is 33.2. The number of nitrogens with zero attached hydrogens (tertiary/aromatic N) is 4. The Bertz CT molecular complexity index is 3660. The van der Waals surface area contributed by atoms with Crippen LogP contribution in [0.15, 0.2) is 186 Å². The van der Waals surface area contributed by atoms with Gasteiger partial charge < -0.3 is 4.42 Å². The summed E-state index contributed by atoms with van der Waals surface area (Å²) in [6.45, 7) is -5.93. The second-order valence-electron chi connectivity index (χ2n) is 15.3. The molecule has 0 fully saturated rings. The summed E-state index contributed by atoms with van der Waals surface area (Å²) in [5, 5.41) is 2.10. The predicted molar refractivity (Wildman–Crippen MR) is 250 cm³/mol. The summed E-state index contributed by atoms with van der Waals surface area (Å²) >= 11 is 1.65. The van der Waals surface area contributed by atoms with Crippen molar-refractivity contribution in [2.24, 2.45) is 0 Å². The first-order chi connectivity index (χ1) is 32.5. The first-order valence-electron chi connectivity index (χ1n) is 23.0. The van der Waals surface area contributed by atoms with E-state index in [2.05, 4.69) is 36.4 Å². The molecule has 0 N–H and O–H groups in total. The molecule has 0 bridgehead atoms. The number of hydrogen-bond donors (Lipinski definition) is 0. The highest BCUT2D eigenvalue weighted by Gasteiger charge is 2.38. The highest BCUT2D eigenvalue weighted by molar-refractivity contribution is 7.26. The second-order valence-corrected chi connectivity index (χ2v) is 16.3. The van der Waals surface area contributed by atoms with Crippen LogP contribution in [-0.2, 0) is 5.41 Å². The molecule has 0 spiro atoms. The van der Waals surface area contributed by atoms with Gasteiger partial charge in [0, 0.05) is 61.6 Å². The van der Waals surface area contributed by atoms with Crippen molar-refractivity contribution in [2.45, 2.75) is 19.1 Å². The van der Waals surface area contributed by atoms with E-state index in [1.165, 1.54) is 0 Å². The van der Waals surface area contributed by atoms with Crippen molar-refractivity contribution in [3.8, 4) is 79.0 Å². The minimum absolute atomic E-state index is 0.180. The Hall–Kier alpha value is -7.54. The van der Waals surface area contributed by atoms with E-state index in [9.17, 15) is 0 Å². The van der Waals surface area contributed by atoms with Crippen molar-refractivity contribution in [3.63, 3.8) is 0 Å². The number of aromatic nitrogens is 4. The summed E-state index contributed by atoms with van der Waals surface area (Å²) in [4.78, 5) is 19.6. The molecule has 0 radical (unpaired) electrons. The van der Waals surface area contributed by atoms with Crippen molar-refractivity contribution in [3.05, 3.63) is 193 Å². The maximum atomic E-state index is 9.01. The number of rotatable bonds is 6. The van der Waals surface area contributed by atoms with Gasteiger partial charge in [-0.05, 0) is 69.3 Å². The Balaban J connectivity index is 1.00. The van der Waals surface area contributed by atoms with Crippen LogP contribution >= 0.6 is 11.3 Å². The largest absolute Gasteiger partial charge is 0.435 e. The first-order valence-corrected chi connectivity index (χ1v) is 20.9. The molecule has 0 atom stereocenters. The van der Waals surface area contributed by atoms with Crippen molar-refractivity contribution in [1.82, 2.24) is 19.9 Å². The van der Waals surface area contributed by atoms with Gasteiger partial charge in [0.15, 0.2) is 23.1 Å². The Morgan fingerprint density at radius 1 is 0.443 bits per heavy atom. The highest BCUT2D eigenvalue weighted by atomic mass is 32.1. The second kappa shape index (κ2) is 13.8. The van der Waals surface area contributed by atoms with Gasteiger partial charge in [0.05, 0.1) is 0 Å². The van der Waals surface area contributed by atoms with Crippen LogP contribution in [0.25, 0.3) is 110 Å². The van der Waals surface area contributed by atoms with E-state index < -0.39 is 19.1 Å². The van der Waals surface area contributed by atoms with Crippen LogP contribution in [0.5, 0.6) is 0 Å². The Morgan fingerprint density at radius 3 is 1.61 bits per heavy atom. The lowest BCUT2D eigenvalue weighted by molar-refractivity contribution is 0.618. The fourth-order valence-corrected chi connectivity index (χ4v) is 10.1. The molecule has 0 amide bonds. The maximum absolute atomic E-state index is 9.01. The van der Waals surface area contributed by atoms with Crippen LogP contribution < -0.4 is 0 Å². The SMILES string of the molecule is [2H]C([2H])([2H])C1(C([2H])([2H])[2H])c2cc(-c3cccc4c3sc3c(-c5cccc(-c6nc(-c7ccccc7)nc(-c7ccccc7)n6)c5)cccc34)ccc2-c2c1ccc1nc(-c3ccccc3)oc21. The van der Waals surface area contributed by atoms with E-state index in [1.54, 1.807) is 29.5 Å². The average Bonchev–Trinajstić information content (AvgIpc) is 4.05. The van der Waals surface area contributed by atoms with Gasteiger partial charge >= 0.3 is 0 Å². The van der Waals surface area contributed by atoms with E-state index in [1.807, 2.05) is 127 Å². The molecular formula is C55H36N4OS. The molecule has 288 valence electrons. The number of thiophene rings is 1. The summed E-state index contributed by atoms with van der Waals surface area (Å²) in [6.07, 6.45) is 0. The molecule has 3 heterocycles. The van der Waals surface area contributed by atoms with Crippen LogP contribution in [0.2, 0.25) is 0 Å². The normalized spacial score (nSPS) is 14.8. The summed E-state index contributed by atoms with van der Waals surface area (Å²) in [7, 11) is 0. The lowest BCUT2D eigenvalue weighted by atomic mass is 9.81. The Morgan fingerprint density at radius 2 is 0.984 bits per heavy atom. The quantitative estimate of drug-likeness (QED) is 0.167. The van der Waals surface area contributed by atoms with Gasteiger partial charge in [-0.1, -0.05) is 165 Å². The zero-order chi connectivity index (χ0) is 45.7. The summed E-state index contributed by atoms with van der Waals surface area (Å²) in [5.41, 5.74) is 6.85. The predicted octanol–water partition coefficient (Wildman–Crippen LogP) is 14.7. The third kappa shape index (κ3) is 5.75. The standard InChI is InChI=1S/C55H36N4OS/c1-55(2)44-29-30-46-48(60-54(56-46)35-19-10-5-11-20-35)47(44)43-28-27-37(32-45(43)55)40-24-14-26-42-41-25-13-23-39(49(41)61-50(40)42)36-21-12-22-38(31-36)53-58-51(33-15-6-3-7-16-33)57-52(59-53)34-17-8-4-9-18-34/h3-32H,1-2H3/i1D3,2D3. The van der Waals surface area contributed by atoms with Crippen LogP contribution in [0.3, 0.4) is 0 Å². The van der Waals surface area contributed by atoms with Crippen LogP contribution in [0.4, 0.5) is 0 Å². The minimum atomic E-state index is -2.96. The maximum Gasteiger partial charge on any atom is 0.227 e. The van der Waals surface area contributed by atoms with Gasteiger partial charge in [-0.15, -0.1) is 11.3 Å². The van der Waals surface area contributed by atoms with E-state index >= 15 is 0 Å². The molecule has 0 unspecified atom stereocenters. The summed E-state index contributed by atoms with van der Waals surface area (Å²) < 4.78 is 62.6. The van der Waals surface area contributed by atoms with Crippen LogP contribution in [0, 0.1) is 0 Å². The monoisotopic (exact) mass is 806 g/mol. The Labute approximate surface area is 365 Å². The van der Waals surface area contributed by atoms with Gasteiger partial charge in [0.1, 0.15) is 5.52 Å². The third-order valence-corrected chi connectivity index (χ3v) is 12.9. The van der Waals surface area contributed by atoms with Crippen LogP contribution in [0.1, 0.15) is 33.1 Å². The number of fused-ring (bicyclic) bond motifs is 8. The molecule has 3 aromatic heterocycles. The molecule has 11 aromatic rings. The number of benzene rings is 8. The van der Waals surface area contributed by atoms with Crippen molar-refractivity contribution >= 4 is 42.6 Å². The fraction of sp³-hybridized carbons (Fsp3) is 0.0545. The molecule has 0 saturated carbocycles. The van der Waals surface area contributed by atoms with Gasteiger partial charge in [0.2, 0.25) is 5.89 Å².